The molecular weight excluding hydrogens is 322 g/mol. The van der Waals surface area contributed by atoms with Crippen LogP contribution >= 0.6 is 0 Å². The minimum Gasteiger partial charge on any atom is -0.462 e. The quantitative estimate of drug-likeness (QED) is 0.148. The summed E-state index contributed by atoms with van der Waals surface area (Å²) < 4.78 is 5.09. The topological polar surface area (TPSA) is 52.3 Å². The fourth-order valence-corrected chi connectivity index (χ4v) is 3.19. The standard InChI is InChI=1S/C23H45NO2/c1-22(2)23(25)26-21-19-17-15-13-11-9-7-5-3-4-6-8-10-12-14-16-18-20-24/h1,3-21,24H2,2H3. The maximum Gasteiger partial charge on any atom is 0.333 e. The Morgan fingerprint density at radius 2 is 0.962 bits per heavy atom. The summed E-state index contributed by atoms with van der Waals surface area (Å²) in [4.78, 5) is 11.2. The zero-order valence-electron chi connectivity index (χ0n) is 17.5. The SMILES string of the molecule is C=C(C)C(=O)OCCCCCCCCCCCCCCCCCCCN. The van der Waals surface area contributed by atoms with Crippen molar-refractivity contribution in [3.05, 3.63) is 12.2 Å². The van der Waals surface area contributed by atoms with Crippen LogP contribution in [0.1, 0.15) is 116 Å². The van der Waals surface area contributed by atoms with Gasteiger partial charge in [0.05, 0.1) is 6.61 Å². The smallest absolute Gasteiger partial charge is 0.333 e. The Hall–Kier alpha value is -0.830. The van der Waals surface area contributed by atoms with E-state index in [1.54, 1.807) is 6.92 Å². The third-order valence-electron chi connectivity index (χ3n) is 4.93. The number of hydrogen-bond acceptors (Lipinski definition) is 3. The molecule has 0 amide bonds. The highest BCUT2D eigenvalue weighted by molar-refractivity contribution is 5.86. The van der Waals surface area contributed by atoms with Gasteiger partial charge >= 0.3 is 5.97 Å². The number of carbonyl (C=O) groups excluding carboxylic acids is 1. The maximum absolute atomic E-state index is 11.2. The van der Waals surface area contributed by atoms with E-state index >= 15 is 0 Å². The molecular formula is C23H45NO2. The minimum absolute atomic E-state index is 0.257. The van der Waals surface area contributed by atoms with Crippen LogP contribution in [0.25, 0.3) is 0 Å². The van der Waals surface area contributed by atoms with Gasteiger partial charge < -0.3 is 10.5 Å². The molecule has 0 saturated carbocycles. The summed E-state index contributed by atoms with van der Waals surface area (Å²) >= 11 is 0. The molecule has 0 unspecified atom stereocenters. The van der Waals surface area contributed by atoms with E-state index < -0.39 is 0 Å². The van der Waals surface area contributed by atoms with Crippen molar-refractivity contribution in [1.82, 2.24) is 0 Å². The minimum atomic E-state index is -0.257. The summed E-state index contributed by atoms with van der Waals surface area (Å²) in [5.41, 5.74) is 5.99. The average molecular weight is 368 g/mol. The molecule has 26 heavy (non-hydrogen) atoms. The van der Waals surface area contributed by atoms with Gasteiger partial charge in [0.15, 0.2) is 0 Å². The molecule has 3 nitrogen and oxygen atoms in total. The Balaban J connectivity index is 3.05. The van der Waals surface area contributed by atoms with Gasteiger partial charge in [-0.05, 0) is 26.3 Å². The zero-order chi connectivity index (χ0) is 19.3. The van der Waals surface area contributed by atoms with Gasteiger partial charge in [0, 0.05) is 5.57 Å². The molecule has 0 aliphatic heterocycles. The predicted molar refractivity (Wildman–Crippen MR) is 113 cm³/mol. The number of nitrogens with two attached hydrogens (primary N) is 1. The molecule has 0 radical (unpaired) electrons. The van der Waals surface area contributed by atoms with Crippen molar-refractivity contribution in [3.63, 3.8) is 0 Å². The highest BCUT2D eigenvalue weighted by Crippen LogP contribution is 2.14. The summed E-state index contributed by atoms with van der Waals surface area (Å²) in [5.74, 6) is -0.257. The second-order valence-corrected chi connectivity index (χ2v) is 7.72. The number of ether oxygens (including phenoxy) is 1. The van der Waals surface area contributed by atoms with Gasteiger partial charge in [0.2, 0.25) is 0 Å². The lowest BCUT2D eigenvalue weighted by Crippen LogP contribution is -2.05. The molecule has 3 heteroatoms. The lowest BCUT2D eigenvalue weighted by molar-refractivity contribution is -0.139. The van der Waals surface area contributed by atoms with Crippen LogP contribution in [0.2, 0.25) is 0 Å². The van der Waals surface area contributed by atoms with Crippen LogP contribution in [0.3, 0.4) is 0 Å². The average Bonchev–Trinajstić information content (AvgIpc) is 2.63. The van der Waals surface area contributed by atoms with Gasteiger partial charge in [-0.2, -0.15) is 0 Å². The molecule has 0 heterocycles. The van der Waals surface area contributed by atoms with E-state index in [1.807, 2.05) is 0 Å². The van der Waals surface area contributed by atoms with Crippen LogP contribution in [-0.2, 0) is 9.53 Å². The lowest BCUT2D eigenvalue weighted by atomic mass is 10.0. The molecule has 0 aromatic rings. The first kappa shape index (κ1) is 25.2. The molecule has 0 fully saturated rings. The van der Waals surface area contributed by atoms with Crippen molar-refractivity contribution in [2.75, 3.05) is 13.2 Å². The van der Waals surface area contributed by atoms with Crippen molar-refractivity contribution in [3.8, 4) is 0 Å². The summed E-state index contributed by atoms with van der Waals surface area (Å²) in [6, 6.07) is 0. The second kappa shape index (κ2) is 20.5. The van der Waals surface area contributed by atoms with Gasteiger partial charge in [-0.3, -0.25) is 0 Å². The van der Waals surface area contributed by atoms with Gasteiger partial charge in [0.25, 0.3) is 0 Å². The number of unbranched alkanes of at least 4 members (excludes halogenated alkanes) is 16. The first-order chi connectivity index (χ1) is 12.7. The van der Waals surface area contributed by atoms with E-state index in [1.165, 1.54) is 96.3 Å². The van der Waals surface area contributed by atoms with Crippen LogP contribution in [0.5, 0.6) is 0 Å². The van der Waals surface area contributed by atoms with E-state index in [-0.39, 0.29) is 5.97 Å². The number of hydrogen-bond donors (Lipinski definition) is 1. The lowest BCUT2D eigenvalue weighted by Gasteiger charge is -2.05. The highest BCUT2D eigenvalue weighted by atomic mass is 16.5. The van der Waals surface area contributed by atoms with E-state index in [9.17, 15) is 4.79 Å². The third kappa shape index (κ3) is 19.5. The Labute approximate surface area is 163 Å². The fraction of sp³-hybridized carbons (Fsp3) is 0.870. The molecule has 0 aliphatic rings. The second-order valence-electron chi connectivity index (χ2n) is 7.72. The van der Waals surface area contributed by atoms with Crippen LogP contribution in [0, 0.1) is 0 Å². The van der Waals surface area contributed by atoms with E-state index in [0.717, 1.165) is 19.4 Å². The van der Waals surface area contributed by atoms with Gasteiger partial charge in [-0.25, -0.2) is 4.79 Å². The molecule has 0 bridgehead atoms. The van der Waals surface area contributed by atoms with Crippen molar-refractivity contribution in [2.45, 2.75) is 116 Å². The molecule has 0 saturated heterocycles. The van der Waals surface area contributed by atoms with E-state index in [0.29, 0.717) is 12.2 Å². The normalized spacial score (nSPS) is 10.8. The fourth-order valence-electron chi connectivity index (χ4n) is 3.19. The van der Waals surface area contributed by atoms with Gasteiger partial charge in [0.1, 0.15) is 0 Å². The molecule has 2 N–H and O–H groups in total. The summed E-state index contributed by atoms with van der Waals surface area (Å²) in [6.07, 6.45) is 22.6. The monoisotopic (exact) mass is 367 g/mol. The molecule has 154 valence electrons. The van der Waals surface area contributed by atoms with Crippen molar-refractivity contribution >= 4 is 5.97 Å². The summed E-state index contributed by atoms with van der Waals surface area (Å²) in [7, 11) is 0. The van der Waals surface area contributed by atoms with Gasteiger partial charge in [-0.15, -0.1) is 0 Å². The molecule has 0 aromatic carbocycles. The highest BCUT2D eigenvalue weighted by Gasteiger charge is 2.01. The number of esters is 1. The Morgan fingerprint density at radius 1 is 0.654 bits per heavy atom. The van der Waals surface area contributed by atoms with E-state index in [2.05, 4.69) is 6.58 Å². The molecule has 0 rings (SSSR count). The number of rotatable bonds is 20. The summed E-state index contributed by atoms with van der Waals surface area (Å²) in [6.45, 7) is 6.66. The molecule has 0 aromatic heterocycles. The van der Waals surface area contributed by atoms with Crippen molar-refractivity contribution in [2.24, 2.45) is 5.73 Å². The molecule has 0 spiro atoms. The van der Waals surface area contributed by atoms with Crippen LogP contribution in [0.15, 0.2) is 12.2 Å². The molecule has 0 aliphatic carbocycles. The zero-order valence-corrected chi connectivity index (χ0v) is 17.5. The Bertz CT molecular complexity index is 328. The van der Waals surface area contributed by atoms with Crippen molar-refractivity contribution in [1.29, 1.82) is 0 Å². The van der Waals surface area contributed by atoms with E-state index in [4.69, 9.17) is 10.5 Å². The summed E-state index contributed by atoms with van der Waals surface area (Å²) in [5, 5.41) is 0. The van der Waals surface area contributed by atoms with Crippen LogP contribution in [-0.4, -0.2) is 19.1 Å². The Morgan fingerprint density at radius 3 is 1.27 bits per heavy atom. The van der Waals surface area contributed by atoms with Crippen LogP contribution in [0.4, 0.5) is 0 Å². The van der Waals surface area contributed by atoms with Crippen molar-refractivity contribution < 1.29 is 9.53 Å². The number of carbonyl (C=O) groups is 1. The van der Waals surface area contributed by atoms with Crippen LogP contribution < -0.4 is 5.73 Å². The predicted octanol–water partition coefficient (Wildman–Crippen LogP) is 6.70. The Kier molecular flexibility index (Phi) is 19.8. The molecule has 0 atom stereocenters. The first-order valence-corrected chi connectivity index (χ1v) is 11.2. The third-order valence-corrected chi connectivity index (χ3v) is 4.93. The van der Waals surface area contributed by atoms with Gasteiger partial charge in [-0.1, -0.05) is 103 Å². The first-order valence-electron chi connectivity index (χ1n) is 11.2. The maximum atomic E-state index is 11.2. The largest absolute Gasteiger partial charge is 0.462 e.